The standard InChI is InChI=1S/C17H13F5N4O2/c18-15(19)28-11-7-2-1-4-8(11)13-12-9(5-3-6-10(12)27)23-16-24-14(17(20,21)22)25-26(13)16/h1-2,4,7,13,15H,3,5-6H2,(H,23,24,25). The zero-order chi connectivity index (χ0) is 20.1. The minimum Gasteiger partial charge on any atom is -0.434 e. The highest BCUT2D eigenvalue weighted by molar-refractivity contribution is 5.99. The van der Waals surface area contributed by atoms with E-state index < -0.39 is 24.7 Å². The van der Waals surface area contributed by atoms with Gasteiger partial charge >= 0.3 is 12.8 Å². The maximum Gasteiger partial charge on any atom is 0.453 e. The van der Waals surface area contributed by atoms with Crippen molar-refractivity contribution in [3.05, 3.63) is 46.9 Å². The zero-order valence-corrected chi connectivity index (χ0v) is 14.1. The fourth-order valence-corrected chi connectivity index (χ4v) is 3.47. The molecule has 11 heteroatoms. The van der Waals surface area contributed by atoms with Gasteiger partial charge in [-0.3, -0.25) is 4.79 Å². The monoisotopic (exact) mass is 400 g/mol. The topological polar surface area (TPSA) is 69.0 Å². The van der Waals surface area contributed by atoms with Crippen LogP contribution in [0.2, 0.25) is 0 Å². The number of nitrogens with zero attached hydrogens (tertiary/aromatic N) is 3. The number of carbonyl (C=O) groups is 1. The molecule has 148 valence electrons. The van der Waals surface area contributed by atoms with Crippen LogP contribution in [-0.2, 0) is 11.0 Å². The van der Waals surface area contributed by atoms with Gasteiger partial charge in [0.25, 0.3) is 5.82 Å². The second kappa shape index (κ2) is 6.57. The summed E-state index contributed by atoms with van der Waals surface area (Å²) in [5.41, 5.74) is 0.705. The average molecular weight is 400 g/mol. The number of aromatic nitrogens is 3. The molecule has 0 fully saturated rings. The van der Waals surface area contributed by atoms with Crippen molar-refractivity contribution in [2.45, 2.75) is 38.1 Å². The van der Waals surface area contributed by atoms with Crippen LogP contribution in [0.25, 0.3) is 0 Å². The molecule has 1 aromatic heterocycles. The van der Waals surface area contributed by atoms with Crippen molar-refractivity contribution in [2.75, 3.05) is 5.32 Å². The van der Waals surface area contributed by atoms with Crippen LogP contribution in [0.3, 0.4) is 0 Å². The molecule has 2 aliphatic rings. The third-order valence-corrected chi connectivity index (χ3v) is 4.55. The number of hydrogen-bond donors (Lipinski definition) is 1. The first-order valence-electron chi connectivity index (χ1n) is 8.36. The van der Waals surface area contributed by atoms with E-state index in [4.69, 9.17) is 0 Å². The zero-order valence-electron chi connectivity index (χ0n) is 14.1. The maximum absolute atomic E-state index is 13.1. The lowest BCUT2D eigenvalue weighted by atomic mass is 9.85. The van der Waals surface area contributed by atoms with E-state index in [2.05, 4.69) is 20.1 Å². The lowest BCUT2D eigenvalue weighted by Gasteiger charge is -2.32. The number of carbonyl (C=O) groups excluding carboxylic acids is 1. The number of halogens is 5. The fourth-order valence-electron chi connectivity index (χ4n) is 3.47. The molecule has 6 nitrogen and oxygen atoms in total. The third-order valence-electron chi connectivity index (χ3n) is 4.55. The Morgan fingerprint density at radius 2 is 1.96 bits per heavy atom. The minimum absolute atomic E-state index is 0.104. The predicted octanol–water partition coefficient (Wildman–Crippen LogP) is 3.92. The summed E-state index contributed by atoms with van der Waals surface area (Å²) < 4.78 is 70.5. The van der Waals surface area contributed by atoms with Crippen LogP contribution >= 0.6 is 0 Å². The highest BCUT2D eigenvalue weighted by atomic mass is 19.4. The van der Waals surface area contributed by atoms with Crippen LogP contribution < -0.4 is 10.1 Å². The highest BCUT2D eigenvalue weighted by Crippen LogP contribution is 2.43. The van der Waals surface area contributed by atoms with Gasteiger partial charge in [0, 0.05) is 23.3 Å². The summed E-state index contributed by atoms with van der Waals surface area (Å²) in [4.78, 5) is 16.1. The molecular formula is C17H13F5N4O2. The third kappa shape index (κ3) is 3.10. The van der Waals surface area contributed by atoms with Crippen LogP contribution in [-0.4, -0.2) is 27.2 Å². The molecule has 1 aliphatic heterocycles. The van der Waals surface area contributed by atoms with Crippen molar-refractivity contribution >= 4 is 11.7 Å². The van der Waals surface area contributed by atoms with E-state index in [1.165, 1.54) is 24.3 Å². The van der Waals surface area contributed by atoms with Crippen molar-refractivity contribution in [3.8, 4) is 5.75 Å². The van der Waals surface area contributed by atoms with Gasteiger partial charge in [0.1, 0.15) is 11.8 Å². The predicted molar refractivity (Wildman–Crippen MR) is 85.7 cm³/mol. The smallest absolute Gasteiger partial charge is 0.434 e. The van der Waals surface area contributed by atoms with Gasteiger partial charge in [-0.2, -0.15) is 26.9 Å². The number of Topliss-reactive ketones (excluding diaryl/α,β-unsaturated/α-hetero) is 1. The first-order chi connectivity index (χ1) is 13.3. The summed E-state index contributed by atoms with van der Waals surface area (Å²) >= 11 is 0. The van der Waals surface area contributed by atoms with Crippen LogP contribution in [0.5, 0.6) is 5.75 Å². The molecule has 1 unspecified atom stereocenters. The summed E-state index contributed by atoms with van der Waals surface area (Å²) in [6.45, 7) is -3.14. The maximum atomic E-state index is 13.1. The van der Waals surface area contributed by atoms with Crippen LogP contribution in [0, 0.1) is 0 Å². The summed E-state index contributed by atoms with van der Waals surface area (Å²) in [7, 11) is 0. The molecule has 1 aromatic carbocycles. The summed E-state index contributed by atoms with van der Waals surface area (Å²) in [6, 6.07) is 4.49. The van der Waals surface area contributed by atoms with E-state index >= 15 is 0 Å². The van der Waals surface area contributed by atoms with Gasteiger partial charge in [-0.05, 0) is 18.9 Å². The molecular weight excluding hydrogens is 387 g/mol. The van der Waals surface area contributed by atoms with Crippen LogP contribution in [0.15, 0.2) is 35.5 Å². The second-order valence-corrected chi connectivity index (χ2v) is 6.31. The SMILES string of the molecule is O=C1CCCC2=C1C(c1ccccc1OC(F)F)n1nc(C(F)(F)F)nc1N2. The molecule has 0 spiro atoms. The van der Waals surface area contributed by atoms with Crippen molar-refractivity contribution < 1.29 is 31.5 Å². The molecule has 2 aromatic rings. The number of alkyl halides is 5. The van der Waals surface area contributed by atoms with E-state index in [9.17, 15) is 26.7 Å². The Labute approximate surface area is 155 Å². The molecule has 0 radical (unpaired) electrons. The minimum atomic E-state index is -4.81. The normalized spacial score (nSPS) is 19.4. The Morgan fingerprint density at radius 3 is 2.68 bits per heavy atom. The van der Waals surface area contributed by atoms with E-state index in [-0.39, 0.29) is 35.0 Å². The molecule has 0 saturated heterocycles. The Balaban J connectivity index is 1.92. The Kier molecular flexibility index (Phi) is 4.31. The number of fused-ring (bicyclic) bond motifs is 1. The molecule has 1 N–H and O–H groups in total. The summed E-state index contributed by atoms with van der Waals surface area (Å²) in [5.74, 6) is -2.14. The molecule has 4 rings (SSSR count). The number of nitrogens with one attached hydrogen (secondary N) is 1. The van der Waals surface area contributed by atoms with E-state index in [1.54, 1.807) is 0 Å². The number of anilines is 1. The fraction of sp³-hybridized carbons (Fsp3) is 0.353. The van der Waals surface area contributed by atoms with Gasteiger partial charge in [0.05, 0.1) is 0 Å². The number of ketones is 1. The molecule has 0 bridgehead atoms. The van der Waals surface area contributed by atoms with Gasteiger partial charge in [0.15, 0.2) is 5.78 Å². The Morgan fingerprint density at radius 1 is 1.21 bits per heavy atom. The van der Waals surface area contributed by atoms with Crippen molar-refractivity contribution in [2.24, 2.45) is 0 Å². The first kappa shape index (κ1) is 18.4. The summed E-state index contributed by atoms with van der Waals surface area (Å²) in [5, 5.41) is 6.26. The molecule has 2 heterocycles. The van der Waals surface area contributed by atoms with Gasteiger partial charge in [0.2, 0.25) is 5.95 Å². The van der Waals surface area contributed by atoms with Gasteiger partial charge < -0.3 is 10.1 Å². The average Bonchev–Trinajstić information content (AvgIpc) is 3.04. The Hall–Kier alpha value is -2.98. The number of ether oxygens (including phenoxy) is 1. The van der Waals surface area contributed by atoms with Crippen molar-refractivity contribution in [3.63, 3.8) is 0 Å². The van der Waals surface area contributed by atoms with E-state index in [1.807, 2.05) is 0 Å². The number of rotatable bonds is 3. The number of para-hydroxylation sites is 1. The van der Waals surface area contributed by atoms with E-state index in [0.717, 1.165) is 4.68 Å². The van der Waals surface area contributed by atoms with Gasteiger partial charge in [-0.25, -0.2) is 4.68 Å². The highest BCUT2D eigenvalue weighted by Gasteiger charge is 2.43. The molecule has 0 saturated carbocycles. The number of benzene rings is 1. The second-order valence-electron chi connectivity index (χ2n) is 6.31. The molecule has 1 atom stereocenters. The van der Waals surface area contributed by atoms with Gasteiger partial charge in [-0.1, -0.05) is 18.2 Å². The number of hydrogen-bond acceptors (Lipinski definition) is 5. The molecule has 28 heavy (non-hydrogen) atoms. The van der Waals surface area contributed by atoms with Crippen LogP contribution in [0.1, 0.15) is 36.7 Å². The molecule has 0 amide bonds. The van der Waals surface area contributed by atoms with Crippen LogP contribution in [0.4, 0.5) is 27.9 Å². The quantitative estimate of drug-likeness (QED) is 0.791. The Bertz CT molecular complexity index is 967. The van der Waals surface area contributed by atoms with E-state index in [0.29, 0.717) is 18.5 Å². The molecule has 1 aliphatic carbocycles. The summed E-state index contributed by atoms with van der Waals surface area (Å²) in [6.07, 6.45) is -3.67. The largest absolute Gasteiger partial charge is 0.453 e. The van der Waals surface area contributed by atoms with Crippen molar-refractivity contribution in [1.82, 2.24) is 14.8 Å². The lowest BCUT2D eigenvalue weighted by molar-refractivity contribution is -0.145. The number of allylic oxidation sites excluding steroid dienone is 2. The lowest BCUT2D eigenvalue weighted by Crippen LogP contribution is -2.32. The van der Waals surface area contributed by atoms with Gasteiger partial charge in [-0.15, -0.1) is 5.10 Å². The first-order valence-corrected chi connectivity index (χ1v) is 8.36. The van der Waals surface area contributed by atoms with Crippen molar-refractivity contribution in [1.29, 1.82) is 0 Å².